The van der Waals surface area contributed by atoms with Crippen molar-refractivity contribution >= 4 is 27.9 Å². The Morgan fingerprint density at radius 2 is 1.93 bits per heavy atom. The van der Waals surface area contributed by atoms with E-state index in [4.69, 9.17) is 9.15 Å². The summed E-state index contributed by atoms with van der Waals surface area (Å²) in [5.74, 6) is 0.820. The highest BCUT2D eigenvalue weighted by atomic mass is 16.5. The fourth-order valence-electron chi connectivity index (χ4n) is 3.46. The van der Waals surface area contributed by atoms with E-state index in [9.17, 15) is 4.79 Å². The SMILES string of the molecule is COc1ccc2nc3oc(C(=O)NCCCN(C)Cc4ccccc4)cc3cc2c1. The highest BCUT2D eigenvalue weighted by Crippen LogP contribution is 2.25. The van der Waals surface area contributed by atoms with Gasteiger partial charge in [0.15, 0.2) is 5.76 Å². The molecule has 0 atom stereocenters. The number of rotatable bonds is 8. The second kappa shape index (κ2) is 8.97. The molecule has 154 valence electrons. The first-order valence-corrected chi connectivity index (χ1v) is 10.0. The summed E-state index contributed by atoms with van der Waals surface area (Å²) in [5.41, 5.74) is 2.54. The molecule has 0 spiro atoms. The molecule has 6 nitrogen and oxygen atoms in total. The van der Waals surface area contributed by atoms with Crippen molar-refractivity contribution in [1.29, 1.82) is 0 Å². The van der Waals surface area contributed by atoms with E-state index in [1.54, 1.807) is 13.2 Å². The van der Waals surface area contributed by atoms with Gasteiger partial charge in [-0.3, -0.25) is 4.79 Å². The van der Waals surface area contributed by atoms with Crippen LogP contribution in [-0.2, 0) is 6.54 Å². The van der Waals surface area contributed by atoms with Crippen LogP contribution in [0.2, 0.25) is 0 Å². The minimum Gasteiger partial charge on any atom is -0.497 e. The molecule has 2 aromatic carbocycles. The van der Waals surface area contributed by atoms with Crippen LogP contribution in [0.1, 0.15) is 22.5 Å². The molecular formula is C24H25N3O3. The summed E-state index contributed by atoms with van der Waals surface area (Å²) >= 11 is 0. The maximum absolute atomic E-state index is 12.5. The molecule has 0 aliphatic rings. The normalized spacial score (nSPS) is 11.3. The maximum Gasteiger partial charge on any atom is 0.287 e. The zero-order valence-electron chi connectivity index (χ0n) is 17.2. The Kier molecular flexibility index (Phi) is 5.95. The number of aromatic nitrogens is 1. The lowest BCUT2D eigenvalue weighted by molar-refractivity contribution is 0.0926. The number of carbonyl (C=O) groups is 1. The number of pyridine rings is 1. The number of hydrogen-bond donors (Lipinski definition) is 1. The number of nitrogens with zero attached hydrogens (tertiary/aromatic N) is 2. The van der Waals surface area contributed by atoms with Gasteiger partial charge in [-0.1, -0.05) is 30.3 Å². The molecule has 0 unspecified atom stereocenters. The zero-order chi connectivity index (χ0) is 20.9. The predicted molar refractivity (Wildman–Crippen MR) is 118 cm³/mol. The van der Waals surface area contributed by atoms with Crippen LogP contribution >= 0.6 is 0 Å². The predicted octanol–water partition coefficient (Wildman–Crippen LogP) is 4.24. The van der Waals surface area contributed by atoms with E-state index in [0.29, 0.717) is 12.3 Å². The van der Waals surface area contributed by atoms with Crippen molar-refractivity contribution in [2.45, 2.75) is 13.0 Å². The Labute approximate surface area is 175 Å². The van der Waals surface area contributed by atoms with Crippen LogP contribution in [0.5, 0.6) is 5.75 Å². The Hall–Kier alpha value is -3.38. The van der Waals surface area contributed by atoms with Gasteiger partial charge in [0.2, 0.25) is 5.71 Å². The quantitative estimate of drug-likeness (QED) is 0.446. The summed E-state index contributed by atoms with van der Waals surface area (Å²) in [6, 6.07) is 19.7. The third-order valence-corrected chi connectivity index (χ3v) is 5.03. The molecule has 0 bridgehead atoms. The summed E-state index contributed by atoms with van der Waals surface area (Å²) in [6.07, 6.45) is 0.858. The largest absolute Gasteiger partial charge is 0.497 e. The summed E-state index contributed by atoms with van der Waals surface area (Å²) in [4.78, 5) is 19.2. The van der Waals surface area contributed by atoms with Gasteiger partial charge in [-0.2, -0.15) is 0 Å². The van der Waals surface area contributed by atoms with Gasteiger partial charge in [0.05, 0.1) is 12.6 Å². The average molecular weight is 403 g/mol. The van der Waals surface area contributed by atoms with Gasteiger partial charge in [0.1, 0.15) is 5.75 Å². The number of carbonyl (C=O) groups excluding carboxylic acids is 1. The number of ether oxygens (including phenoxy) is 1. The molecule has 2 aromatic heterocycles. The van der Waals surface area contributed by atoms with Crippen LogP contribution in [0, 0.1) is 0 Å². The van der Waals surface area contributed by atoms with Crippen LogP contribution in [0.4, 0.5) is 0 Å². The van der Waals surface area contributed by atoms with Gasteiger partial charge in [-0.25, -0.2) is 4.98 Å². The van der Waals surface area contributed by atoms with Gasteiger partial charge < -0.3 is 19.4 Å². The van der Waals surface area contributed by atoms with E-state index in [1.165, 1.54) is 5.56 Å². The van der Waals surface area contributed by atoms with Crippen LogP contribution in [0.3, 0.4) is 0 Å². The molecule has 4 rings (SSSR count). The molecule has 0 saturated carbocycles. The molecule has 0 saturated heterocycles. The fourth-order valence-corrected chi connectivity index (χ4v) is 3.46. The Bertz CT molecular complexity index is 1150. The van der Waals surface area contributed by atoms with Crippen LogP contribution in [0.25, 0.3) is 22.0 Å². The number of nitrogens with one attached hydrogen (secondary N) is 1. The molecule has 1 amide bonds. The second-order valence-electron chi connectivity index (χ2n) is 7.38. The first-order chi connectivity index (χ1) is 14.6. The van der Waals surface area contributed by atoms with E-state index in [2.05, 4.69) is 34.4 Å². The van der Waals surface area contributed by atoms with Crippen LogP contribution in [-0.4, -0.2) is 43.0 Å². The van der Waals surface area contributed by atoms with Crippen LogP contribution < -0.4 is 10.1 Å². The van der Waals surface area contributed by atoms with Crippen molar-refractivity contribution < 1.29 is 13.9 Å². The lowest BCUT2D eigenvalue weighted by Gasteiger charge is -2.16. The molecular weight excluding hydrogens is 378 g/mol. The second-order valence-corrected chi connectivity index (χ2v) is 7.38. The van der Waals surface area contributed by atoms with Crippen molar-refractivity contribution in [2.75, 3.05) is 27.2 Å². The van der Waals surface area contributed by atoms with E-state index >= 15 is 0 Å². The van der Waals surface area contributed by atoms with Crippen molar-refractivity contribution in [3.05, 3.63) is 72.0 Å². The van der Waals surface area contributed by atoms with E-state index in [1.807, 2.05) is 42.5 Å². The molecule has 0 aliphatic carbocycles. The Morgan fingerprint density at radius 1 is 1.10 bits per heavy atom. The summed E-state index contributed by atoms with van der Waals surface area (Å²) in [6.45, 7) is 2.37. The molecule has 0 fully saturated rings. The minimum absolute atomic E-state index is 0.222. The average Bonchev–Trinajstić information content (AvgIpc) is 3.18. The van der Waals surface area contributed by atoms with E-state index in [-0.39, 0.29) is 11.7 Å². The molecule has 1 N–H and O–H groups in total. The Morgan fingerprint density at radius 3 is 2.73 bits per heavy atom. The first-order valence-electron chi connectivity index (χ1n) is 10.0. The third kappa shape index (κ3) is 4.60. The van der Waals surface area contributed by atoms with Gasteiger partial charge in [0, 0.05) is 23.9 Å². The summed E-state index contributed by atoms with van der Waals surface area (Å²) in [5, 5.41) is 4.67. The number of benzene rings is 2. The molecule has 2 heterocycles. The van der Waals surface area contributed by atoms with Crippen molar-refractivity contribution in [3.8, 4) is 5.75 Å². The van der Waals surface area contributed by atoms with Crippen LogP contribution in [0.15, 0.2) is 65.1 Å². The molecule has 6 heteroatoms. The first kappa shape index (κ1) is 19.9. The number of methoxy groups -OCH3 is 1. The third-order valence-electron chi connectivity index (χ3n) is 5.03. The van der Waals surface area contributed by atoms with Crippen molar-refractivity contribution in [2.24, 2.45) is 0 Å². The zero-order valence-corrected chi connectivity index (χ0v) is 17.2. The van der Waals surface area contributed by atoms with Crippen molar-refractivity contribution in [1.82, 2.24) is 15.2 Å². The van der Waals surface area contributed by atoms with Gasteiger partial charge in [-0.15, -0.1) is 0 Å². The molecule has 0 radical (unpaired) electrons. The highest BCUT2D eigenvalue weighted by Gasteiger charge is 2.14. The highest BCUT2D eigenvalue weighted by molar-refractivity contribution is 5.98. The van der Waals surface area contributed by atoms with Crippen molar-refractivity contribution in [3.63, 3.8) is 0 Å². The number of fused-ring (bicyclic) bond motifs is 2. The minimum atomic E-state index is -0.222. The fraction of sp³-hybridized carbons (Fsp3) is 0.250. The lowest BCUT2D eigenvalue weighted by Crippen LogP contribution is -2.27. The topological polar surface area (TPSA) is 67.6 Å². The van der Waals surface area contributed by atoms with E-state index in [0.717, 1.165) is 41.5 Å². The van der Waals surface area contributed by atoms with Gasteiger partial charge >= 0.3 is 0 Å². The van der Waals surface area contributed by atoms with Gasteiger partial charge in [-0.05, 0) is 55.9 Å². The smallest absolute Gasteiger partial charge is 0.287 e. The number of hydrogen-bond acceptors (Lipinski definition) is 5. The molecule has 4 aromatic rings. The molecule has 0 aliphatic heterocycles. The lowest BCUT2D eigenvalue weighted by atomic mass is 10.2. The maximum atomic E-state index is 12.5. The standard InChI is InChI=1S/C24H25N3O3/c1-27(16-17-7-4-3-5-8-17)12-6-11-25-23(28)22-15-19-13-18-14-20(29-2)9-10-21(18)26-24(19)30-22/h3-5,7-10,13-15H,6,11-12,16H2,1-2H3,(H,25,28). The van der Waals surface area contributed by atoms with E-state index < -0.39 is 0 Å². The number of furan rings is 1. The monoisotopic (exact) mass is 403 g/mol. The summed E-state index contributed by atoms with van der Waals surface area (Å²) in [7, 11) is 3.71. The number of amides is 1. The molecule has 30 heavy (non-hydrogen) atoms. The Balaban J connectivity index is 1.33. The van der Waals surface area contributed by atoms with Gasteiger partial charge in [0.25, 0.3) is 5.91 Å². The summed E-state index contributed by atoms with van der Waals surface area (Å²) < 4.78 is 11.0.